The van der Waals surface area contributed by atoms with Gasteiger partial charge in [-0.2, -0.15) is 0 Å². The Morgan fingerprint density at radius 2 is 1.42 bits per heavy atom. The van der Waals surface area contributed by atoms with Crippen LogP contribution in [-0.2, 0) is 13.6 Å². The molecule has 0 aliphatic heterocycles. The average molecular weight is 257 g/mol. The standard InChI is InChI=1S/C4H10ClO3P.CH2Cl2/c1-3-7-9(5,6)8-4-2;2-1-3/h3-4H2,1-2H3;1H2. The Morgan fingerprint density at radius 1 is 1.17 bits per heavy atom. The summed E-state index contributed by atoms with van der Waals surface area (Å²) in [4.78, 5) is 0. The summed E-state index contributed by atoms with van der Waals surface area (Å²) in [7, 11) is 0. The van der Waals surface area contributed by atoms with Crippen LogP contribution in [0.3, 0.4) is 0 Å². The summed E-state index contributed by atoms with van der Waals surface area (Å²) < 4.78 is 19.9. The summed E-state index contributed by atoms with van der Waals surface area (Å²) in [6, 6.07) is 0. The van der Waals surface area contributed by atoms with Crippen molar-refractivity contribution in [3.8, 4) is 0 Å². The van der Waals surface area contributed by atoms with E-state index in [0.29, 0.717) is 13.2 Å². The van der Waals surface area contributed by atoms with E-state index in [2.05, 4.69) is 9.05 Å². The highest BCUT2D eigenvalue weighted by Crippen LogP contribution is 2.53. The first-order valence-electron chi connectivity index (χ1n) is 3.24. The maximum Gasteiger partial charge on any atom is 0.424 e. The van der Waals surface area contributed by atoms with E-state index >= 15 is 0 Å². The van der Waals surface area contributed by atoms with Crippen molar-refractivity contribution in [3.05, 3.63) is 0 Å². The highest BCUT2D eigenvalue weighted by molar-refractivity contribution is 7.81. The zero-order chi connectivity index (χ0) is 10.0. The lowest BCUT2D eigenvalue weighted by atomic mass is 10.9. The van der Waals surface area contributed by atoms with Gasteiger partial charge in [0.1, 0.15) is 0 Å². The van der Waals surface area contributed by atoms with Crippen LogP contribution in [0.2, 0.25) is 0 Å². The van der Waals surface area contributed by atoms with Crippen molar-refractivity contribution in [2.45, 2.75) is 13.8 Å². The molecular weight excluding hydrogens is 245 g/mol. The van der Waals surface area contributed by atoms with Crippen molar-refractivity contribution in [2.24, 2.45) is 0 Å². The minimum absolute atomic E-state index is 0.194. The average Bonchev–Trinajstić information content (AvgIpc) is 1.88. The molecule has 0 unspecified atom stereocenters. The summed E-state index contributed by atoms with van der Waals surface area (Å²) in [6.45, 7) is 0.797. The van der Waals surface area contributed by atoms with Gasteiger partial charge < -0.3 is 0 Å². The third kappa shape index (κ3) is 13.6. The van der Waals surface area contributed by atoms with Gasteiger partial charge in [0.2, 0.25) is 0 Å². The van der Waals surface area contributed by atoms with Gasteiger partial charge in [-0.05, 0) is 13.8 Å². The van der Waals surface area contributed by atoms with Crippen LogP contribution in [0.4, 0.5) is 0 Å². The number of alkyl halides is 2. The largest absolute Gasteiger partial charge is 0.424 e. The van der Waals surface area contributed by atoms with E-state index in [0.717, 1.165) is 0 Å². The van der Waals surface area contributed by atoms with E-state index in [1.54, 1.807) is 13.8 Å². The van der Waals surface area contributed by atoms with Crippen molar-refractivity contribution in [2.75, 3.05) is 18.6 Å². The second-order valence-corrected chi connectivity index (χ2v) is 4.80. The summed E-state index contributed by atoms with van der Waals surface area (Å²) in [5.74, 6) is 0. The van der Waals surface area contributed by atoms with Crippen LogP contribution in [-0.4, -0.2) is 18.6 Å². The van der Waals surface area contributed by atoms with Crippen LogP contribution in [0.5, 0.6) is 0 Å². The SMILES string of the molecule is CCOP(=O)(Cl)OCC.ClCCl. The number of halogens is 3. The summed E-state index contributed by atoms with van der Waals surface area (Å²) in [5, 5.41) is 0.194. The monoisotopic (exact) mass is 256 g/mol. The van der Waals surface area contributed by atoms with Crippen LogP contribution in [0.1, 0.15) is 13.8 Å². The normalized spacial score (nSPS) is 10.4. The zero-order valence-electron chi connectivity index (χ0n) is 6.93. The third-order valence-corrected chi connectivity index (χ3v) is 2.29. The Kier molecular flexibility index (Phi) is 13.0. The third-order valence-electron chi connectivity index (χ3n) is 0.567. The molecule has 0 aromatic heterocycles. The van der Waals surface area contributed by atoms with E-state index in [9.17, 15) is 4.57 Å². The number of hydrogen-bond acceptors (Lipinski definition) is 3. The number of rotatable bonds is 4. The van der Waals surface area contributed by atoms with E-state index in [1.165, 1.54) is 0 Å². The molecule has 3 nitrogen and oxygen atoms in total. The smallest absolute Gasteiger partial charge is 0.297 e. The van der Waals surface area contributed by atoms with Crippen LogP contribution >= 0.6 is 41.4 Å². The molecule has 0 rings (SSSR count). The van der Waals surface area contributed by atoms with Crippen LogP contribution in [0, 0.1) is 0 Å². The molecular formula is C5H12Cl3O3P. The maximum atomic E-state index is 10.7. The van der Waals surface area contributed by atoms with E-state index in [-0.39, 0.29) is 5.34 Å². The minimum atomic E-state index is -3.22. The molecule has 0 saturated carbocycles. The quantitative estimate of drug-likeness (QED) is 0.567. The number of hydrogen-bond donors (Lipinski definition) is 0. The molecule has 76 valence electrons. The second-order valence-electron chi connectivity index (χ2n) is 1.37. The van der Waals surface area contributed by atoms with Gasteiger partial charge >= 0.3 is 6.95 Å². The van der Waals surface area contributed by atoms with Gasteiger partial charge in [-0.25, -0.2) is 4.57 Å². The lowest BCUT2D eigenvalue weighted by Gasteiger charge is -2.06. The molecule has 0 aromatic carbocycles. The first kappa shape index (κ1) is 15.5. The lowest BCUT2D eigenvalue weighted by molar-refractivity contribution is 0.235. The summed E-state index contributed by atoms with van der Waals surface area (Å²) >= 11 is 14.8. The highest BCUT2D eigenvalue weighted by Gasteiger charge is 2.17. The van der Waals surface area contributed by atoms with E-state index in [4.69, 9.17) is 34.4 Å². The topological polar surface area (TPSA) is 35.5 Å². The fourth-order valence-corrected chi connectivity index (χ4v) is 1.62. The van der Waals surface area contributed by atoms with Crippen molar-refractivity contribution < 1.29 is 13.6 Å². The predicted octanol–water partition coefficient (Wildman–Crippen LogP) is 3.83. The van der Waals surface area contributed by atoms with Crippen molar-refractivity contribution in [3.63, 3.8) is 0 Å². The van der Waals surface area contributed by atoms with Gasteiger partial charge in [0, 0.05) is 11.2 Å². The van der Waals surface area contributed by atoms with Gasteiger partial charge in [-0.15, -0.1) is 23.2 Å². The van der Waals surface area contributed by atoms with Crippen LogP contribution in [0.15, 0.2) is 0 Å². The molecule has 0 aromatic rings. The minimum Gasteiger partial charge on any atom is -0.297 e. The molecule has 0 saturated heterocycles. The Bertz CT molecular complexity index is 123. The van der Waals surface area contributed by atoms with Crippen LogP contribution in [0.25, 0.3) is 0 Å². The molecule has 0 bridgehead atoms. The van der Waals surface area contributed by atoms with Crippen molar-refractivity contribution in [1.29, 1.82) is 0 Å². The molecule has 0 aliphatic rings. The molecule has 7 heteroatoms. The maximum absolute atomic E-state index is 10.7. The molecule has 0 spiro atoms. The molecule has 0 amide bonds. The molecule has 0 heterocycles. The zero-order valence-corrected chi connectivity index (χ0v) is 10.1. The Hall–Kier alpha value is 1.02. The Labute approximate surface area is 87.6 Å². The second kappa shape index (κ2) is 10.1. The van der Waals surface area contributed by atoms with Gasteiger partial charge in [0.15, 0.2) is 0 Å². The van der Waals surface area contributed by atoms with Gasteiger partial charge in [-0.1, -0.05) is 0 Å². The first-order valence-corrected chi connectivity index (χ1v) is 6.76. The molecule has 0 aliphatic carbocycles. The van der Waals surface area contributed by atoms with E-state index < -0.39 is 6.95 Å². The molecule has 0 fully saturated rings. The Balaban J connectivity index is 0. The van der Waals surface area contributed by atoms with Crippen LogP contribution < -0.4 is 0 Å². The van der Waals surface area contributed by atoms with E-state index in [1.807, 2.05) is 0 Å². The molecule has 0 N–H and O–H groups in total. The Morgan fingerprint density at radius 3 is 1.58 bits per heavy atom. The molecule has 0 radical (unpaired) electrons. The fraction of sp³-hybridized carbons (Fsp3) is 1.00. The van der Waals surface area contributed by atoms with Crippen molar-refractivity contribution in [1.82, 2.24) is 0 Å². The van der Waals surface area contributed by atoms with Crippen molar-refractivity contribution >= 4 is 41.4 Å². The lowest BCUT2D eigenvalue weighted by Crippen LogP contribution is -1.88. The predicted molar refractivity (Wildman–Crippen MR) is 53.3 cm³/mol. The van der Waals surface area contributed by atoms with Gasteiger partial charge in [0.25, 0.3) is 0 Å². The van der Waals surface area contributed by atoms with Gasteiger partial charge in [-0.3, -0.25) is 9.05 Å². The molecule has 12 heavy (non-hydrogen) atoms. The first-order chi connectivity index (χ1) is 5.54. The summed E-state index contributed by atoms with van der Waals surface area (Å²) in [5.41, 5.74) is 0. The van der Waals surface area contributed by atoms with Gasteiger partial charge in [0.05, 0.1) is 18.6 Å². The molecule has 0 atom stereocenters. The highest BCUT2D eigenvalue weighted by atomic mass is 35.7. The summed E-state index contributed by atoms with van der Waals surface area (Å²) in [6.07, 6.45) is 0. The fourth-order valence-electron chi connectivity index (χ4n) is 0.346.